The van der Waals surface area contributed by atoms with Gasteiger partial charge in [-0.25, -0.2) is 4.98 Å². The molecule has 0 fully saturated rings. The maximum atomic E-state index is 12.6. The SMILES string of the molecule is Cc1cccc(NC(=O)c2cccc(C(=O)NC(C)c3ccccc3)n2)c1C. The number of nitrogens with zero attached hydrogens (tertiary/aromatic N) is 1. The monoisotopic (exact) mass is 373 g/mol. The number of aryl methyl sites for hydroxylation is 1. The summed E-state index contributed by atoms with van der Waals surface area (Å²) >= 11 is 0. The fourth-order valence-electron chi connectivity index (χ4n) is 2.86. The van der Waals surface area contributed by atoms with Crippen LogP contribution in [0.15, 0.2) is 66.7 Å². The van der Waals surface area contributed by atoms with E-state index in [4.69, 9.17) is 0 Å². The van der Waals surface area contributed by atoms with Crippen molar-refractivity contribution in [2.75, 3.05) is 5.32 Å². The summed E-state index contributed by atoms with van der Waals surface area (Å²) in [4.78, 5) is 29.4. The van der Waals surface area contributed by atoms with Crippen molar-refractivity contribution in [2.45, 2.75) is 26.8 Å². The summed E-state index contributed by atoms with van der Waals surface area (Å²) in [6, 6.07) is 20.1. The normalized spacial score (nSPS) is 11.5. The number of pyridine rings is 1. The summed E-state index contributed by atoms with van der Waals surface area (Å²) < 4.78 is 0. The molecule has 142 valence electrons. The van der Waals surface area contributed by atoms with E-state index in [1.165, 1.54) is 0 Å². The lowest BCUT2D eigenvalue weighted by Gasteiger charge is -2.14. The molecule has 2 amide bonds. The molecule has 0 spiro atoms. The molecule has 3 aromatic rings. The van der Waals surface area contributed by atoms with E-state index in [1.807, 2.05) is 69.3 Å². The van der Waals surface area contributed by atoms with Crippen molar-refractivity contribution in [3.63, 3.8) is 0 Å². The first-order valence-electron chi connectivity index (χ1n) is 9.16. The fourth-order valence-corrected chi connectivity index (χ4v) is 2.86. The van der Waals surface area contributed by atoms with Crippen molar-refractivity contribution in [1.29, 1.82) is 0 Å². The van der Waals surface area contributed by atoms with Gasteiger partial charge in [0, 0.05) is 5.69 Å². The van der Waals surface area contributed by atoms with Crippen LogP contribution in [0.4, 0.5) is 5.69 Å². The van der Waals surface area contributed by atoms with E-state index in [1.54, 1.807) is 18.2 Å². The van der Waals surface area contributed by atoms with Gasteiger partial charge in [0.15, 0.2) is 0 Å². The molecule has 0 radical (unpaired) electrons. The molecule has 1 atom stereocenters. The van der Waals surface area contributed by atoms with Gasteiger partial charge in [0.1, 0.15) is 11.4 Å². The number of anilines is 1. The Kier molecular flexibility index (Phi) is 5.84. The molecule has 0 bridgehead atoms. The van der Waals surface area contributed by atoms with E-state index in [-0.39, 0.29) is 29.2 Å². The molecular formula is C23H23N3O2. The van der Waals surface area contributed by atoms with Crippen molar-refractivity contribution < 1.29 is 9.59 Å². The first kappa shape index (κ1) is 19.3. The van der Waals surface area contributed by atoms with Crippen LogP contribution < -0.4 is 10.6 Å². The Labute approximate surface area is 164 Å². The van der Waals surface area contributed by atoms with Gasteiger partial charge in [-0.05, 0) is 55.7 Å². The number of nitrogens with one attached hydrogen (secondary N) is 2. The highest BCUT2D eigenvalue weighted by atomic mass is 16.2. The average molecular weight is 373 g/mol. The molecule has 0 saturated heterocycles. The first-order valence-corrected chi connectivity index (χ1v) is 9.16. The Balaban J connectivity index is 1.73. The van der Waals surface area contributed by atoms with Gasteiger partial charge in [0.05, 0.1) is 6.04 Å². The number of benzene rings is 2. The molecule has 0 aliphatic rings. The summed E-state index contributed by atoms with van der Waals surface area (Å²) in [5.41, 5.74) is 4.23. The van der Waals surface area contributed by atoms with E-state index in [2.05, 4.69) is 15.6 Å². The lowest BCUT2D eigenvalue weighted by Crippen LogP contribution is -2.28. The molecule has 5 heteroatoms. The zero-order valence-corrected chi connectivity index (χ0v) is 16.2. The van der Waals surface area contributed by atoms with Crippen LogP contribution in [0.3, 0.4) is 0 Å². The van der Waals surface area contributed by atoms with Gasteiger partial charge in [-0.3, -0.25) is 9.59 Å². The third-order valence-corrected chi connectivity index (χ3v) is 4.71. The third kappa shape index (κ3) is 4.43. The third-order valence-electron chi connectivity index (χ3n) is 4.71. The zero-order chi connectivity index (χ0) is 20.1. The Morgan fingerprint density at radius 2 is 1.46 bits per heavy atom. The molecule has 5 nitrogen and oxygen atoms in total. The summed E-state index contributed by atoms with van der Waals surface area (Å²) in [5.74, 6) is -0.669. The number of amides is 2. The highest BCUT2D eigenvalue weighted by Crippen LogP contribution is 2.19. The van der Waals surface area contributed by atoms with Crippen LogP contribution in [-0.2, 0) is 0 Å². The Morgan fingerprint density at radius 1 is 0.821 bits per heavy atom. The number of hydrogen-bond acceptors (Lipinski definition) is 3. The van der Waals surface area contributed by atoms with Crippen molar-refractivity contribution in [3.05, 3.63) is 94.8 Å². The van der Waals surface area contributed by atoms with Crippen LogP contribution in [0.2, 0.25) is 0 Å². The van der Waals surface area contributed by atoms with Crippen LogP contribution in [-0.4, -0.2) is 16.8 Å². The summed E-state index contributed by atoms with van der Waals surface area (Å²) in [6.07, 6.45) is 0. The molecule has 3 rings (SSSR count). The summed E-state index contributed by atoms with van der Waals surface area (Å²) in [7, 11) is 0. The number of aromatic nitrogens is 1. The smallest absolute Gasteiger partial charge is 0.274 e. The van der Waals surface area contributed by atoms with Crippen molar-refractivity contribution in [1.82, 2.24) is 10.3 Å². The molecular weight excluding hydrogens is 350 g/mol. The van der Waals surface area contributed by atoms with E-state index < -0.39 is 0 Å². The maximum Gasteiger partial charge on any atom is 0.274 e. The predicted molar refractivity (Wildman–Crippen MR) is 110 cm³/mol. The van der Waals surface area contributed by atoms with Crippen LogP contribution in [0, 0.1) is 13.8 Å². The largest absolute Gasteiger partial charge is 0.344 e. The van der Waals surface area contributed by atoms with E-state index in [0.29, 0.717) is 0 Å². The topological polar surface area (TPSA) is 71.1 Å². The van der Waals surface area contributed by atoms with Gasteiger partial charge in [0.25, 0.3) is 11.8 Å². The van der Waals surface area contributed by atoms with E-state index in [0.717, 1.165) is 22.4 Å². The molecule has 0 saturated carbocycles. The summed E-state index contributed by atoms with van der Waals surface area (Å²) in [6.45, 7) is 5.85. The number of rotatable bonds is 5. The molecule has 1 unspecified atom stereocenters. The Morgan fingerprint density at radius 3 is 2.18 bits per heavy atom. The second-order valence-electron chi connectivity index (χ2n) is 6.72. The van der Waals surface area contributed by atoms with Crippen LogP contribution in [0.1, 0.15) is 50.6 Å². The Bertz CT molecular complexity index is 1000. The van der Waals surface area contributed by atoms with E-state index in [9.17, 15) is 9.59 Å². The lowest BCUT2D eigenvalue weighted by molar-refractivity contribution is 0.0934. The zero-order valence-electron chi connectivity index (χ0n) is 16.2. The van der Waals surface area contributed by atoms with Crippen molar-refractivity contribution in [3.8, 4) is 0 Å². The summed E-state index contributed by atoms with van der Waals surface area (Å²) in [5, 5.41) is 5.78. The van der Waals surface area contributed by atoms with Crippen molar-refractivity contribution >= 4 is 17.5 Å². The van der Waals surface area contributed by atoms with Gasteiger partial charge in [-0.2, -0.15) is 0 Å². The van der Waals surface area contributed by atoms with E-state index >= 15 is 0 Å². The standard InChI is InChI=1S/C23H23N3O2/c1-15-9-7-12-19(16(15)2)26-23(28)21-14-8-13-20(25-21)22(27)24-17(3)18-10-5-4-6-11-18/h4-14,17H,1-3H3,(H,24,27)(H,26,28). The fraction of sp³-hybridized carbons (Fsp3) is 0.174. The second kappa shape index (κ2) is 8.48. The average Bonchev–Trinajstić information content (AvgIpc) is 2.72. The van der Waals surface area contributed by atoms with Crippen LogP contribution in [0.5, 0.6) is 0 Å². The number of carbonyl (C=O) groups is 2. The minimum absolute atomic E-state index is 0.164. The van der Waals surface area contributed by atoms with Gasteiger partial charge < -0.3 is 10.6 Å². The molecule has 0 aliphatic carbocycles. The lowest BCUT2D eigenvalue weighted by atomic mass is 10.1. The number of hydrogen-bond donors (Lipinski definition) is 2. The highest BCUT2D eigenvalue weighted by Gasteiger charge is 2.15. The number of carbonyl (C=O) groups excluding carboxylic acids is 2. The minimum Gasteiger partial charge on any atom is -0.344 e. The first-order chi connectivity index (χ1) is 13.5. The second-order valence-corrected chi connectivity index (χ2v) is 6.72. The highest BCUT2D eigenvalue weighted by molar-refractivity contribution is 6.04. The van der Waals surface area contributed by atoms with Gasteiger partial charge in [-0.1, -0.05) is 48.5 Å². The quantitative estimate of drug-likeness (QED) is 0.694. The molecule has 1 heterocycles. The molecule has 2 aromatic carbocycles. The molecule has 1 aromatic heterocycles. The van der Waals surface area contributed by atoms with Gasteiger partial charge in [-0.15, -0.1) is 0 Å². The Hall–Kier alpha value is -3.47. The predicted octanol–water partition coefficient (Wildman–Crippen LogP) is 4.44. The maximum absolute atomic E-state index is 12.6. The molecule has 28 heavy (non-hydrogen) atoms. The molecule has 2 N–H and O–H groups in total. The van der Waals surface area contributed by atoms with Gasteiger partial charge in [0.2, 0.25) is 0 Å². The minimum atomic E-state index is -0.348. The van der Waals surface area contributed by atoms with Crippen LogP contribution >= 0.6 is 0 Å². The van der Waals surface area contributed by atoms with Crippen LogP contribution in [0.25, 0.3) is 0 Å². The van der Waals surface area contributed by atoms with Gasteiger partial charge >= 0.3 is 0 Å². The van der Waals surface area contributed by atoms with Crippen molar-refractivity contribution in [2.24, 2.45) is 0 Å². The molecule has 0 aliphatic heterocycles.